The van der Waals surface area contributed by atoms with Crippen LogP contribution in [0.2, 0.25) is 5.02 Å². The molecule has 0 bridgehead atoms. The zero-order chi connectivity index (χ0) is 22.6. The van der Waals surface area contributed by atoms with E-state index in [0.717, 1.165) is 5.56 Å². The molecule has 0 radical (unpaired) electrons. The van der Waals surface area contributed by atoms with Gasteiger partial charge in [-0.3, -0.25) is 10.1 Å². The van der Waals surface area contributed by atoms with Crippen molar-refractivity contribution in [3.63, 3.8) is 0 Å². The van der Waals surface area contributed by atoms with E-state index in [2.05, 4.69) is 10.6 Å². The van der Waals surface area contributed by atoms with Crippen molar-refractivity contribution < 1.29 is 24.1 Å². The third kappa shape index (κ3) is 5.25. The minimum Gasteiger partial charge on any atom is -0.504 e. The van der Waals surface area contributed by atoms with Gasteiger partial charge in [-0.05, 0) is 47.5 Å². The van der Waals surface area contributed by atoms with E-state index in [9.17, 15) is 9.90 Å². The summed E-state index contributed by atoms with van der Waals surface area (Å²) in [5, 5.41) is 15.8. The maximum atomic E-state index is 12.7. The monoisotopic (exact) mass is 452 g/mol. The van der Waals surface area contributed by atoms with Gasteiger partial charge < -0.3 is 24.6 Å². The SMILES string of the molecule is COc1cc(C(=O)NC(=S)Nc2cc(C(C)(C)C)cc(Cl)c2O)cc(OC)c1OC. The molecular weight excluding hydrogens is 428 g/mol. The molecule has 0 saturated heterocycles. The number of rotatable bonds is 5. The van der Waals surface area contributed by atoms with Gasteiger partial charge in [-0.25, -0.2) is 0 Å². The van der Waals surface area contributed by atoms with E-state index in [1.807, 2.05) is 20.8 Å². The van der Waals surface area contributed by atoms with Gasteiger partial charge in [-0.1, -0.05) is 32.4 Å². The van der Waals surface area contributed by atoms with Gasteiger partial charge >= 0.3 is 0 Å². The number of aromatic hydroxyl groups is 1. The number of ether oxygens (including phenoxy) is 3. The molecule has 0 aliphatic rings. The Hall–Kier alpha value is -2.71. The second-order valence-electron chi connectivity index (χ2n) is 7.43. The van der Waals surface area contributed by atoms with E-state index >= 15 is 0 Å². The average molecular weight is 453 g/mol. The number of methoxy groups -OCH3 is 3. The Labute approximate surface area is 186 Å². The van der Waals surface area contributed by atoms with Crippen molar-refractivity contribution in [1.82, 2.24) is 5.32 Å². The molecule has 2 aromatic carbocycles. The van der Waals surface area contributed by atoms with Crippen LogP contribution >= 0.6 is 23.8 Å². The number of carbonyl (C=O) groups is 1. The maximum Gasteiger partial charge on any atom is 0.257 e. The minimum atomic E-state index is -0.496. The smallest absolute Gasteiger partial charge is 0.257 e. The van der Waals surface area contributed by atoms with Crippen molar-refractivity contribution in [3.8, 4) is 23.0 Å². The highest BCUT2D eigenvalue weighted by Gasteiger charge is 2.20. The zero-order valence-corrected chi connectivity index (χ0v) is 19.2. The fraction of sp³-hybridized carbons (Fsp3) is 0.333. The van der Waals surface area contributed by atoms with Gasteiger partial charge in [-0.2, -0.15) is 0 Å². The number of amides is 1. The lowest BCUT2D eigenvalue weighted by Gasteiger charge is -2.22. The van der Waals surface area contributed by atoms with Gasteiger partial charge in [0.1, 0.15) is 0 Å². The Balaban J connectivity index is 2.25. The van der Waals surface area contributed by atoms with Crippen LogP contribution in [0.3, 0.4) is 0 Å². The lowest BCUT2D eigenvalue weighted by molar-refractivity contribution is 0.0977. The zero-order valence-electron chi connectivity index (χ0n) is 17.7. The van der Waals surface area contributed by atoms with Crippen LogP contribution in [0.5, 0.6) is 23.0 Å². The molecule has 0 fully saturated rings. The van der Waals surface area contributed by atoms with E-state index < -0.39 is 5.91 Å². The van der Waals surface area contributed by atoms with Crippen LogP contribution in [0.1, 0.15) is 36.7 Å². The molecule has 30 heavy (non-hydrogen) atoms. The quantitative estimate of drug-likeness (QED) is 0.454. The molecule has 1 amide bonds. The van der Waals surface area contributed by atoms with Crippen molar-refractivity contribution in [2.45, 2.75) is 26.2 Å². The minimum absolute atomic E-state index is 0.00817. The van der Waals surface area contributed by atoms with Crippen LogP contribution in [0.15, 0.2) is 24.3 Å². The molecule has 0 saturated carbocycles. The number of halogens is 1. The van der Waals surface area contributed by atoms with E-state index in [1.54, 1.807) is 12.1 Å². The Morgan fingerprint density at radius 2 is 1.60 bits per heavy atom. The third-order valence-corrected chi connectivity index (χ3v) is 4.82. The summed E-state index contributed by atoms with van der Waals surface area (Å²) in [7, 11) is 4.39. The van der Waals surface area contributed by atoms with Crippen molar-refractivity contribution in [2.75, 3.05) is 26.6 Å². The fourth-order valence-corrected chi connectivity index (χ4v) is 3.09. The number of thiocarbonyl (C=S) groups is 1. The normalized spacial score (nSPS) is 10.9. The van der Waals surface area contributed by atoms with Crippen LogP contribution in [-0.4, -0.2) is 37.5 Å². The van der Waals surface area contributed by atoms with Crippen molar-refractivity contribution in [1.29, 1.82) is 0 Å². The number of nitrogens with one attached hydrogen (secondary N) is 2. The second-order valence-corrected chi connectivity index (χ2v) is 8.24. The van der Waals surface area contributed by atoms with Crippen LogP contribution in [0.4, 0.5) is 5.69 Å². The summed E-state index contributed by atoms with van der Waals surface area (Å²) in [5.41, 5.74) is 1.24. The molecule has 0 heterocycles. The summed E-state index contributed by atoms with van der Waals surface area (Å²) in [6.07, 6.45) is 0. The van der Waals surface area contributed by atoms with Crippen LogP contribution in [0, 0.1) is 0 Å². The fourth-order valence-electron chi connectivity index (χ4n) is 2.67. The molecule has 162 valence electrons. The first-order chi connectivity index (χ1) is 14.0. The van der Waals surface area contributed by atoms with Crippen molar-refractivity contribution in [2.24, 2.45) is 0 Å². The summed E-state index contributed by atoms with van der Waals surface area (Å²) in [6, 6.07) is 6.44. The summed E-state index contributed by atoms with van der Waals surface area (Å²) in [5.74, 6) is 0.389. The topological polar surface area (TPSA) is 89.1 Å². The second kappa shape index (κ2) is 9.40. The Bertz CT molecular complexity index is 948. The number of hydrogen-bond donors (Lipinski definition) is 3. The molecule has 2 rings (SSSR count). The van der Waals surface area contributed by atoms with Crippen molar-refractivity contribution in [3.05, 3.63) is 40.4 Å². The molecule has 0 aliphatic heterocycles. The summed E-state index contributed by atoms with van der Waals surface area (Å²) in [4.78, 5) is 12.7. The van der Waals surface area contributed by atoms with Crippen molar-refractivity contribution >= 4 is 40.5 Å². The number of hydrogen-bond acceptors (Lipinski definition) is 6. The molecule has 9 heteroatoms. The first-order valence-corrected chi connectivity index (χ1v) is 9.75. The Kier molecular flexibility index (Phi) is 7.39. The van der Waals surface area contributed by atoms with Gasteiger partial charge in [0.15, 0.2) is 22.4 Å². The lowest BCUT2D eigenvalue weighted by atomic mass is 9.87. The number of anilines is 1. The molecule has 3 N–H and O–H groups in total. The molecule has 0 aliphatic carbocycles. The molecule has 2 aromatic rings. The first kappa shape index (κ1) is 23.6. The van der Waals surface area contributed by atoms with Gasteiger partial charge in [-0.15, -0.1) is 0 Å². The van der Waals surface area contributed by atoms with Gasteiger partial charge in [0.05, 0.1) is 32.0 Å². The Morgan fingerprint density at radius 3 is 2.07 bits per heavy atom. The third-order valence-electron chi connectivity index (χ3n) is 4.33. The summed E-state index contributed by atoms with van der Waals surface area (Å²) >= 11 is 11.4. The standard InChI is InChI=1S/C21H25ClN2O5S/c1-21(2,3)12-9-13(22)17(25)14(10-12)23-20(30)24-19(26)11-7-15(27-4)18(29-6)16(8-11)28-5/h7-10,25H,1-6H3,(H2,23,24,26,30). The molecular formula is C21H25ClN2O5S. The van der Waals surface area contributed by atoms with E-state index in [-0.39, 0.29) is 26.9 Å². The van der Waals surface area contributed by atoms with E-state index in [0.29, 0.717) is 22.9 Å². The predicted octanol–water partition coefficient (Wildman–Crippen LogP) is 4.50. The maximum absolute atomic E-state index is 12.7. The van der Waals surface area contributed by atoms with E-state index in [1.165, 1.54) is 33.5 Å². The molecule has 0 aromatic heterocycles. The number of benzene rings is 2. The average Bonchev–Trinajstić information content (AvgIpc) is 2.68. The van der Waals surface area contributed by atoms with Crippen LogP contribution < -0.4 is 24.8 Å². The number of phenols is 1. The molecule has 0 unspecified atom stereocenters. The highest BCUT2D eigenvalue weighted by atomic mass is 35.5. The molecule has 7 nitrogen and oxygen atoms in total. The molecule has 0 atom stereocenters. The predicted molar refractivity (Wildman–Crippen MR) is 122 cm³/mol. The highest BCUT2D eigenvalue weighted by Crippen LogP contribution is 2.39. The summed E-state index contributed by atoms with van der Waals surface area (Å²) < 4.78 is 15.8. The van der Waals surface area contributed by atoms with Crippen LogP contribution in [0.25, 0.3) is 0 Å². The van der Waals surface area contributed by atoms with Gasteiger partial charge in [0.2, 0.25) is 5.75 Å². The largest absolute Gasteiger partial charge is 0.504 e. The lowest BCUT2D eigenvalue weighted by Crippen LogP contribution is -2.34. The Morgan fingerprint density at radius 1 is 1.03 bits per heavy atom. The van der Waals surface area contributed by atoms with Crippen LogP contribution in [-0.2, 0) is 5.41 Å². The number of phenolic OH excluding ortho intramolecular Hbond substituents is 1. The summed E-state index contributed by atoms with van der Waals surface area (Å²) in [6.45, 7) is 6.05. The highest BCUT2D eigenvalue weighted by molar-refractivity contribution is 7.80. The van der Waals surface area contributed by atoms with Gasteiger partial charge in [0.25, 0.3) is 5.91 Å². The molecule has 0 spiro atoms. The number of carbonyl (C=O) groups excluding carboxylic acids is 1. The first-order valence-electron chi connectivity index (χ1n) is 8.97. The van der Waals surface area contributed by atoms with E-state index in [4.69, 9.17) is 38.0 Å². The van der Waals surface area contributed by atoms with Gasteiger partial charge in [0, 0.05) is 5.56 Å².